The van der Waals surface area contributed by atoms with Gasteiger partial charge >= 0.3 is 6.18 Å². The number of benzene rings is 1. The van der Waals surface area contributed by atoms with Crippen LogP contribution in [0.1, 0.15) is 11.1 Å². The molecule has 1 fully saturated rings. The minimum Gasteiger partial charge on any atom is -0.395 e. The summed E-state index contributed by atoms with van der Waals surface area (Å²) in [5, 5.41) is 8.61. The fraction of sp³-hybridized carbons (Fsp3) is 0.571. The molecule has 0 aromatic heterocycles. The number of rotatable bonds is 4. The van der Waals surface area contributed by atoms with Gasteiger partial charge in [-0.15, -0.1) is 0 Å². The van der Waals surface area contributed by atoms with E-state index in [-0.39, 0.29) is 11.6 Å². The summed E-state index contributed by atoms with van der Waals surface area (Å²) in [5.41, 5.74) is -0.164. The summed E-state index contributed by atoms with van der Waals surface area (Å²) < 4.78 is 38.4. The van der Waals surface area contributed by atoms with Crippen LogP contribution in [0.5, 0.6) is 0 Å². The number of β-amino-alcohol motifs (C(OH)–C–C–N with tert-alkyl or cyclic N) is 1. The highest BCUT2D eigenvalue weighted by atomic mass is 35.5. The van der Waals surface area contributed by atoms with Gasteiger partial charge in [-0.05, 0) is 17.7 Å². The second kappa shape index (κ2) is 6.96. The molecule has 1 aliphatic heterocycles. The van der Waals surface area contributed by atoms with E-state index < -0.39 is 11.7 Å². The van der Waals surface area contributed by atoms with E-state index in [0.29, 0.717) is 18.7 Å². The van der Waals surface area contributed by atoms with Crippen molar-refractivity contribution in [3.63, 3.8) is 0 Å². The first-order chi connectivity index (χ1) is 9.90. The standard InChI is InChI=1S/C14H18ClF3N2O/c15-13-2-1-11(9-12(13)14(16,17)18)10-20-5-3-19(4-6-20)7-8-21/h1-2,9,21H,3-8,10H2. The van der Waals surface area contributed by atoms with Gasteiger partial charge in [0.15, 0.2) is 0 Å². The lowest BCUT2D eigenvalue weighted by atomic mass is 10.1. The number of hydrogen-bond acceptors (Lipinski definition) is 3. The van der Waals surface area contributed by atoms with E-state index in [4.69, 9.17) is 16.7 Å². The summed E-state index contributed by atoms with van der Waals surface area (Å²) in [6.07, 6.45) is -4.42. The van der Waals surface area contributed by atoms with E-state index >= 15 is 0 Å². The number of piperazine rings is 1. The Balaban J connectivity index is 1.98. The molecular weight excluding hydrogens is 305 g/mol. The van der Waals surface area contributed by atoms with Crippen LogP contribution in [0.3, 0.4) is 0 Å². The number of hydrogen-bond donors (Lipinski definition) is 1. The molecule has 0 unspecified atom stereocenters. The average molecular weight is 323 g/mol. The maximum Gasteiger partial charge on any atom is 0.417 e. The fourth-order valence-corrected chi connectivity index (χ4v) is 2.68. The molecule has 0 aliphatic carbocycles. The van der Waals surface area contributed by atoms with Crippen molar-refractivity contribution in [1.82, 2.24) is 9.80 Å². The Morgan fingerprint density at radius 1 is 1.10 bits per heavy atom. The normalized spacial score (nSPS) is 18.1. The lowest BCUT2D eigenvalue weighted by Crippen LogP contribution is -2.46. The third-order valence-corrected chi connectivity index (χ3v) is 3.95. The molecule has 7 heteroatoms. The predicted molar refractivity (Wildman–Crippen MR) is 75.3 cm³/mol. The zero-order chi connectivity index (χ0) is 15.5. The highest BCUT2D eigenvalue weighted by Gasteiger charge is 2.33. The molecule has 0 saturated carbocycles. The van der Waals surface area contributed by atoms with E-state index in [1.54, 1.807) is 6.07 Å². The summed E-state index contributed by atoms with van der Waals surface area (Å²) >= 11 is 5.61. The lowest BCUT2D eigenvalue weighted by Gasteiger charge is -2.34. The van der Waals surface area contributed by atoms with Gasteiger partial charge in [-0.2, -0.15) is 13.2 Å². The summed E-state index contributed by atoms with van der Waals surface area (Å²) in [6.45, 7) is 4.46. The number of aliphatic hydroxyl groups excluding tert-OH is 1. The number of aliphatic hydroxyl groups is 1. The Labute approximate surface area is 126 Å². The van der Waals surface area contributed by atoms with Gasteiger partial charge in [0.25, 0.3) is 0 Å². The summed E-state index contributed by atoms with van der Waals surface area (Å²) in [6, 6.07) is 4.07. The first kappa shape index (κ1) is 16.5. The van der Waals surface area contributed by atoms with Crippen LogP contribution in [-0.2, 0) is 12.7 Å². The Kier molecular flexibility index (Phi) is 5.48. The molecule has 1 N–H and O–H groups in total. The van der Waals surface area contributed by atoms with Gasteiger partial charge in [0.2, 0.25) is 0 Å². The summed E-state index contributed by atoms with van der Waals surface area (Å²) in [7, 11) is 0. The van der Waals surface area contributed by atoms with Crippen LogP contribution in [0, 0.1) is 0 Å². The van der Waals surface area contributed by atoms with Crippen LogP contribution in [0.4, 0.5) is 13.2 Å². The molecule has 1 aromatic rings. The molecule has 21 heavy (non-hydrogen) atoms. The third-order valence-electron chi connectivity index (χ3n) is 3.62. The minimum atomic E-state index is -4.42. The van der Waals surface area contributed by atoms with Crippen molar-refractivity contribution in [1.29, 1.82) is 0 Å². The second-order valence-corrected chi connectivity index (χ2v) is 5.56. The second-order valence-electron chi connectivity index (χ2n) is 5.15. The van der Waals surface area contributed by atoms with Gasteiger partial charge < -0.3 is 5.11 Å². The Bertz CT molecular complexity index is 474. The minimum absolute atomic E-state index is 0.131. The van der Waals surface area contributed by atoms with E-state index in [1.807, 2.05) is 0 Å². The predicted octanol–water partition coefficient (Wildman–Crippen LogP) is 2.47. The molecule has 2 rings (SSSR count). The number of alkyl halides is 3. The molecule has 118 valence electrons. The first-order valence-electron chi connectivity index (χ1n) is 6.81. The Morgan fingerprint density at radius 3 is 2.29 bits per heavy atom. The molecule has 0 radical (unpaired) electrons. The smallest absolute Gasteiger partial charge is 0.395 e. The van der Waals surface area contributed by atoms with Gasteiger partial charge in [-0.25, -0.2) is 0 Å². The molecule has 0 bridgehead atoms. The molecule has 0 amide bonds. The van der Waals surface area contributed by atoms with Gasteiger partial charge in [-0.3, -0.25) is 9.80 Å². The van der Waals surface area contributed by atoms with E-state index in [9.17, 15) is 13.2 Å². The van der Waals surface area contributed by atoms with E-state index in [0.717, 1.165) is 32.2 Å². The van der Waals surface area contributed by atoms with Crippen molar-refractivity contribution in [2.45, 2.75) is 12.7 Å². The SMILES string of the molecule is OCCN1CCN(Cc2ccc(Cl)c(C(F)(F)F)c2)CC1. The van der Waals surface area contributed by atoms with Gasteiger partial charge in [0, 0.05) is 39.3 Å². The van der Waals surface area contributed by atoms with Crippen LogP contribution in [0.25, 0.3) is 0 Å². The quantitative estimate of drug-likeness (QED) is 0.922. The van der Waals surface area contributed by atoms with Crippen LogP contribution >= 0.6 is 11.6 Å². The van der Waals surface area contributed by atoms with Crippen LogP contribution in [-0.4, -0.2) is 54.2 Å². The van der Waals surface area contributed by atoms with Gasteiger partial charge in [0.1, 0.15) is 0 Å². The van der Waals surface area contributed by atoms with E-state index in [2.05, 4.69) is 9.80 Å². The maximum absolute atomic E-state index is 12.8. The third kappa shape index (κ3) is 4.57. The molecule has 1 saturated heterocycles. The fourth-order valence-electron chi connectivity index (χ4n) is 2.46. The number of nitrogens with zero attached hydrogens (tertiary/aromatic N) is 2. The molecule has 1 aromatic carbocycles. The highest BCUT2D eigenvalue weighted by Crippen LogP contribution is 2.35. The maximum atomic E-state index is 12.8. The molecule has 1 aliphatic rings. The summed E-state index contributed by atoms with van der Waals surface area (Å²) in [4.78, 5) is 4.25. The van der Waals surface area contributed by atoms with Crippen molar-refractivity contribution in [2.24, 2.45) is 0 Å². The van der Waals surface area contributed by atoms with Crippen molar-refractivity contribution in [3.8, 4) is 0 Å². The van der Waals surface area contributed by atoms with Crippen LogP contribution in [0.2, 0.25) is 5.02 Å². The largest absolute Gasteiger partial charge is 0.417 e. The van der Waals surface area contributed by atoms with Crippen molar-refractivity contribution < 1.29 is 18.3 Å². The molecule has 3 nitrogen and oxygen atoms in total. The van der Waals surface area contributed by atoms with Crippen molar-refractivity contribution in [3.05, 3.63) is 34.3 Å². The first-order valence-corrected chi connectivity index (χ1v) is 7.19. The van der Waals surface area contributed by atoms with Crippen LogP contribution in [0.15, 0.2) is 18.2 Å². The molecule has 0 atom stereocenters. The Hall–Kier alpha value is -0.820. The van der Waals surface area contributed by atoms with Crippen LogP contribution < -0.4 is 0 Å². The molecule has 1 heterocycles. The zero-order valence-electron chi connectivity index (χ0n) is 11.5. The zero-order valence-corrected chi connectivity index (χ0v) is 12.3. The highest BCUT2D eigenvalue weighted by molar-refractivity contribution is 6.31. The molecular formula is C14H18ClF3N2O. The monoisotopic (exact) mass is 322 g/mol. The average Bonchev–Trinajstić information content (AvgIpc) is 2.42. The summed E-state index contributed by atoms with van der Waals surface area (Å²) in [5.74, 6) is 0. The van der Waals surface area contributed by atoms with Crippen molar-refractivity contribution >= 4 is 11.6 Å². The lowest BCUT2D eigenvalue weighted by molar-refractivity contribution is -0.137. The van der Waals surface area contributed by atoms with Crippen molar-refractivity contribution in [2.75, 3.05) is 39.3 Å². The van der Waals surface area contributed by atoms with Gasteiger partial charge in [0.05, 0.1) is 17.2 Å². The molecule has 0 spiro atoms. The van der Waals surface area contributed by atoms with E-state index in [1.165, 1.54) is 6.07 Å². The number of halogens is 4. The van der Waals surface area contributed by atoms with Gasteiger partial charge in [-0.1, -0.05) is 17.7 Å². The Morgan fingerprint density at radius 2 is 1.71 bits per heavy atom. The topological polar surface area (TPSA) is 26.7 Å².